The Labute approximate surface area is 147 Å². The monoisotopic (exact) mass is 365 g/mol. The minimum atomic E-state index is -1.53. The first-order valence-corrected chi connectivity index (χ1v) is 7.75. The lowest BCUT2D eigenvalue weighted by atomic mass is 10.1. The highest BCUT2D eigenvalue weighted by Crippen LogP contribution is 2.32. The molecule has 1 unspecified atom stereocenters. The molecule has 6 nitrogen and oxygen atoms in total. The van der Waals surface area contributed by atoms with Gasteiger partial charge >= 0.3 is 5.97 Å². The molecule has 8 heteroatoms. The Balaban J connectivity index is 2.21. The molecule has 0 saturated heterocycles. The molecule has 0 aliphatic rings. The van der Waals surface area contributed by atoms with Crippen molar-refractivity contribution >= 4 is 34.8 Å². The number of carbonyl (C=O) groups excluding carboxylic acids is 1. The number of ether oxygens (including phenoxy) is 1. The second-order valence-electron chi connectivity index (χ2n) is 5.13. The minimum absolute atomic E-state index is 0.101. The number of benzene rings is 1. The summed E-state index contributed by atoms with van der Waals surface area (Å²) >= 11 is 12.4. The second kappa shape index (κ2) is 6.39. The van der Waals surface area contributed by atoms with Gasteiger partial charge in [-0.3, -0.25) is 0 Å². The number of aliphatic hydroxyl groups excluding tert-OH is 1. The summed E-state index contributed by atoms with van der Waals surface area (Å²) in [6.45, 7) is 1.65. The van der Waals surface area contributed by atoms with Crippen molar-refractivity contribution in [3.05, 3.63) is 51.9 Å². The molecule has 1 N–H and O–H groups in total. The standard InChI is InChI=1S/C16H13Cl2N3O3/c1-8-12(13(22)16(23)24-2)14(18)21-15(20-8)11(7-19-21)9-4-3-5-10(17)6-9/h3-7,13,22H,1-2H3. The lowest BCUT2D eigenvalue weighted by Gasteiger charge is -2.14. The Kier molecular flexibility index (Phi) is 4.45. The quantitative estimate of drug-likeness (QED) is 0.569. The molecule has 0 amide bonds. The van der Waals surface area contributed by atoms with Crippen LogP contribution in [0.3, 0.4) is 0 Å². The van der Waals surface area contributed by atoms with Crippen LogP contribution in [0.5, 0.6) is 0 Å². The molecule has 0 aliphatic carbocycles. The average Bonchev–Trinajstić information content (AvgIpc) is 2.97. The number of nitrogens with zero attached hydrogens (tertiary/aromatic N) is 3. The molecule has 24 heavy (non-hydrogen) atoms. The highest BCUT2D eigenvalue weighted by Gasteiger charge is 2.26. The van der Waals surface area contributed by atoms with E-state index in [0.29, 0.717) is 16.4 Å². The summed E-state index contributed by atoms with van der Waals surface area (Å²) in [4.78, 5) is 16.1. The maximum Gasteiger partial charge on any atom is 0.339 e. The average molecular weight is 366 g/mol. The van der Waals surface area contributed by atoms with Gasteiger partial charge in [-0.15, -0.1) is 0 Å². The zero-order valence-corrected chi connectivity index (χ0v) is 14.3. The third-order valence-electron chi connectivity index (χ3n) is 3.65. The van der Waals surface area contributed by atoms with Crippen LogP contribution in [-0.4, -0.2) is 32.8 Å². The normalized spacial score (nSPS) is 12.4. The number of rotatable bonds is 3. The van der Waals surface area contributed by atoms with Gasteiger partial charge in [-0.05, 0) is 24.6 Å². The van der Waals surface area contributed by atoms with Gasteiger partial charge in [-0.1, -0.05) is 35.3 Å². The molecule has 0 spiro atoms. The molecule has 0 radical (unpaired) electrons. The molecule has 0 bridgehead atoms. The first kappa shape index (κ1) is 16.7. The summed E-state index contributed by atoms with van der Waals surface area (Å²) in [7, 11) is 1.19. The summed E-state index contributed by atoms with van der Waals surface area (Å²) in [6.07, 6.45) is 0.0754. The van der Waals surface area contributed by atoms with Crippen molar-refractivity contribution in [3.8, 4) is 11.1 Å². The fourth-order valence-electron chi connectivity index (χ4n) is 2.48. The predicted molar refractivity (Wildman–Crippen MR) is 90.2 cm³/mol. The Morgan fingerprint density at radius 1 is 1.38 bits per heavy atom. The smallest absolute Gasteiger partial charge is 0.339 e. The van der Waals surface area contributed by atoms with Crippen LogP contribution in [0, 0.1) is 6.92 Å². The van der Waals surface area contributed by atoms with Crippen molar-refractivity contribution in [3.63, 3.8) is 0 Å². The first-order chi connectivity index (χ1) is 11.4. The fourth-order valence-corrected chi connectivity index (χ4v) is 3.03. The number of hydrogen-bond donors (Lipinski definition) is 1. The summed E-state index contributed by atoms with van der Waals surface area (Å²) < 4.78 is 5.92. The molecule has 0 fully saturated rings. The number of methoxy groups -OCH3 is 1. The molecule has 2 aromatic heterocycles. The van der Waals surface area contributed by atoms with E-state index in [1.165, 1.54) is 11.6 Å². The number of hydrogen-bond acceptors (Lipinski definition) is 5. The predicted octanol–water partition coefficient (Wildman–Crippen LogP) is 3.22. The lowest BCUT2D eigenvalue weighted by Crippen LogP contribution is -2.17. The van der Waals surface area contributed by atoms with Crippen molar-refractivity contribution < 1.29 is 14.6 Å². The van der Waals surface area contributed by atoms with Crippen LogP contribution in [-0.2, 0) is 9.53 Å². The number of halogens is 2. The van der Waals surface area contributed by atoms with E-state index in [2.05, 4.69) is 14.8 Å². The molecule has 124 valence electrons. The lowest BCUT2D eigenvalue weighted by molar-refractivity contribution is -0.150. The highest BCUT2D eigenvalue weighted by atomic mass is 35.5. The number of aromatic nitrogens is 3. The summed E-state index contributed by atoms with van der Waals surface area (Å²) in [5.41, 5.74) is 2.65. The highest BCUT2D eigenvalue weighted by molar-refractivity contribution is 6.31. The van der Waals surface area contributed by atoms with Gasteiger partial charge in [-0.2, -0.15) is 5.10 Å². The Hall–Kier alpha value is -2.15. The molecule has 1 aromatic carbocycles. The van der Waals surface area contributed by atoms with Gasteiger partial charge in [0.1, 0.15) is 5.15 Å². The van der Waals surface area contributed by atoms with E-state index in [9.17, 15) is 9.90 Å². The Morgan fingerprint density at radius 3 is 2.79 bits per heavy atom. The second-order valence-corrected chi connectivity index (χ2v) is 5.93. The number of carbonyl (C=O) groups is 1. The van der Waals surface area contributed by atoms with Gasteiger partial charge in [0.2, 0.25) is 0 Å². The van der Waals surface area contributed by atoms with Gasteiger partial charge in [0.15, 0.2) is 11.8 Å². The molecule has 2 heterocycles. The van der Waals surface area contributed by atoms with E-state index < -0.39 is 12.1 Å². The van der Waals surface area contributed by atoms with Crippen LogP contribution in [0.25, 0.3) is 16.8 Å². The maximum absolute atomic E-state index is 11.6. The van der Waals surface area contributed by atoms with Gasteiger partial charge in [0.25, 0.3) is 0 Å². The van der Waals surface area contributed by atoms with E-state index in [1.54, 1.807) is 25.3 Å². The van der Waals surface area contributed by atoms with E-state index in [1.807, 2.05) is 12.1 Å². The minimum Gasteiger partial charge on any atom is -0.467 e. The summed E-state index contributed by atoms with van der Waals surface area (Å²) in [5.74, 6) is -0.816. The van der Waals surface area contributed by atoms with Gasteiger partial charge in [-0.25, -0.2) is 14.3 Å². The van der Waals surface area contributed by atoms with Crippen LogP contribution < -0.4 is 0 Å². The summed E-state index contributed by atoms with van der Waals surface area (Å²) in [6, 6.07) is 7.27. The maximum atomic E-state index is 11.6. The number of fused-ring (bicyclic) bond motifs is 1. The molecule has 3 aromatic rings. The SMILES string of the molecule is COC(=O)C(O)c1c(C)nc2c(-c3cccc(Cl)c3)cnn2c1Cl. The Bertz CT molecular complexity index is 940. The van der Waals surface area contributed by atoms with Crippen LogP contribution >= 0.6 is 23.2 Å². The summed E-state index contributed by atoms with van der Waals surface area (Å²) in [5, 5.41) is 15.0. The third-order valence-corrected chi connectivity index (χ3v) is 4.25. The van der Waals surface area contributed by atoms with Crippen LogP contribution in [0.15, 0.2) is 30.5 Å². The molecular formula is C16H13Cl2N3O3. The zero-order valence-electron chi connectivity index (χ0n) is 12.8. The van der Waals surface area contributed by atoms with Gasteiger partial charge < -0.3 is 9.84 Å². The van der Waals surface area contributed by atoms with Crippen LogP contribution in [0.1, 0.15) is 17.4 Å². The largest absolute Gasteiger partial charge is 0.467 e. The Morgan fingerprint density at radius 2 is 2.12 bits per heavy atom. The molecule has 0 saturated carbocycles. The van der Waals surface area contributed by atoms with Crippen LogP contribution in [0.2, 0.25) is 10.2 Å². The van der Waals surface area contributed by atoms with Crippen LogP contribution in [0.4, 0.5) is 0 Å². The molecule has 3 rings (SSSR count). The third kappa shape index (κ3) is 2.73. The number of aryl methyl sites for hydroxylation is 1. The molecular weight excluding hydrogens is 353 g/mol. The number of aliphatic hydroxyl groups is 1. The van der Waals surface area contributed by atoms with E-state index in [0.717, 1.165) is 11.1 Å². The first-order valence-electron chi connectivity index (χ1n) is 6.99. The fraction of sp³-hybridized carbons (Fsp3) is 0.188. The zero-order chi connectivity index (χ0) is 17.4. The van der Waals surface area contributed by atoms with Gasteiger partial charge in [0.05, 0.1) is 18.9 Å². The molecule has 1 atom stereocenters. The van der Waals surface area contributed by atoms with Crippen molar-refractivity contribution in [2.75, 3.05) is 7.11 Å². The van der Waals surface area contributed by atoms with E-state index in [-0.39, 0.29) is 10.7 Å². The molecule has 0 aliphatic heterocycles. The topological polar surface area (TPSA) is 76.7 Å². The van der Waals surface area contributed by atoms with Crippen molar-refractivity contribution in [2.24, 2.45) is 0 Å². The van der Waals surface area contributed by atoms with E-state index in [4.69, 9.17) is 23.2 Å². The number of esters is 1. The van der Waals surface area contributed by atoms with Crippen molar-refractivity contribution in [1.82, 2.24) is 14.6 Å². The van der Waals surface area contributed by atoms with Gasteiger partial charge in [0, 0.05) is 16.3 Å². The van der Waals surface area contributed by atoms with Crippen molar-refractivity contribution in [1.29, 1.82) is 0 Å². The van der Waals surface area contributed by atoms with E-state index >= 15 is 0 Å². The van der Waals surface area contributed by atoms with Crippen molar-refractivity contribution in [2.45, 2.75) is 13.0 Å².